The van der Waals surface area contributed by atoms with E-state index in [1.165, 1.54) is 16.7 Å². The molecular formula is C29H32N2O3. The highest BCUT2D eigenvalue weighted by molar-refractivity contribution is 5.81. The van der Waals surface area contributed by atoms with E-state index in [1.54, 1.807) is 4.90 Å². The minimum Gasteiger partial charge on any atom is -0.448 e. The highest BCUT2D eigenvalue weighted by Gasteiger charge is 2.25. The Balaban J connectivity index is 1.53. The maximum absolute atomic E-state index is 12.8. The summed E-state index contributed by atoms with van der Waals surface area (Å²) in [5.74, 6) is 0.211. The van der Waals surface area contributed by atoms with Gasteiger partial charge in [0.2, 0.25) is 0 Å². The van der Waals surface area contributed by atoms with Gasteiger partial charge < -0.3 is 9.64 Å². The van der Waals surface area contributed by atoms with Gasteiger partial charge in [-0.2, -0.15) is 0 Å². The molecule has 0 N–H and O–H groups in total. The molecule has 0 radical (unpaired) electrons. The average Bonchev–Trinajstić information content (AvgIpc) is 2.88. The summed E-state index contributed by atoms with van der Waals surface area (Å²) in [4.78, 5) is 28.4. The minimum atomic E-state index is -0.329. The Bertz CT molecular complexity index is 989. The third kappa shape index (κ3) is 7.03. The maximum Gasteiger partial charge on any atom is 0.409 e. The molecule has 3 aromatic carbocycles. The first-order chi connectivity index (χ1) is 16.7. The molecule has 0 aromatic heterocycles. The van der Waals surface area contributed by atoms with Crippen molar-refractivity contribution in [3.8, 4) is 0 Å². The number of piperidine rings is 1. The molecule has 5 heteroatoms. The number of nitrogens with zero attached hydrogens (tertiary/aromatic N) is 2. The van der Waals surface area contributed by atoms with Crippen LogP contribution in [0.15, 0.2) is 91.0 Å². The molecule has 176 valence electrons. The predicted octanol–water partition coefficient (Wildman–Crippen LogP) is 5.10. The van der Waals surface area contributed by atoms with Crippen LogP contribution in [0.2, 0.25) is 0 Å². The van der Waals surface area contributed by atoms with Crippen LogP contribution in [-0.2, 0) is 29.0 Å². The lowest BCUT2D eigenvalue weighted by atomic mass is 10.0. The fourth-order valence-electron chi connectivity index (χ4n) is 4.33. The van der Waals surface area contributed by atoms with Gasteiger partial charge in [0, 0.05) is 45.1 Å². The van der Waals surface area contributed by atoms with E-state index in [2.05, 4.69) is 65.6 Å². The molecule has 1 aliphatic heterocycles. The summed E-state index contributed by atoms with van der Waals surface area (Å²) in [5, 5.41) is 0. The summed E-state index contributed by atoms with van der Waals surface area (Å²) in [6, 6.07) is 31.1. The van der Waals surface area contributed by atoms with E-state index in [9.17, 15) is 9.59 Å². The van der Waals surface area contributed by atoms with Crippen molar-refractivity contribution in [3.63, 3.8) is 0 Å². The van der Waals surface area contributed by atoms with Crippen molar-refractivity contribution in [2.45, 2.75) is 38.4 Å². The summed E-state index contributed by atoms with van der Waals surface area (Å²) in [6.45, 7) is 2.68. The molecule has 0 saturated carbocycles. The Morgan fingerprint density at radius 2 is 1.24 bits per heavy atom. The van der Waals surface area contributed by atoms with Gasteiger partial charge in [-0.25, -0.2) is 4.79 Å². The molecule has 1 aliphatic rings. The Labute approximate surface area is 202 Å². The molecule has 0 spiro atoms. The number of amides is 1. The normalized spacial score (nSPS) is 14.7. The van der Waals surface area contributed by atoms with Gasteiger partial charge >= 0.3 is 6.09 Å². The van der Waals surface area contributed by atoms with Crippen molar-refractivity contribution in [1.29, 1.82) is 0 Å². The third-order valence-corrected chi connectivity index (χ3v) is 6.27. The van der Waals surface area contributed by atoms with E-state index >= 15 is 0 Å². The van der Waals surface area contributed by atoms with Crippen LogP contribution in [0.3, 0.4) is 0 Å². The van der Waals surface area contributed by atoms with Crippen LogP contribution < -0.4 is 0 Å². The van der Waals surface area contributed by atoms with Gasteiger partial charge in [0.25, 0.3) is 0 Å². The number of ether oxygens (including phenoxy) is 1. The molecule has 0 bridgehead atoms. The lowest BCUT2D eigenvalue weighted by molar-refractivity contribution is -0.121. The van der Waals surface area contributed by atoms with E-state index in [1.807, 2.05) is 30.3 Å². The van der Waals surface area contributed by atoms with Gasteiger partial charge in [-0.15, -0.1) is 0 Å². The first-order valence-electron chi connectivity index (χ1n) is 12.0. The lowest BCUT2D eigenvalue weighted by Gasteiger charge is -2.33. The van der Waals surface area contributed by atoms with Gasteiger partial charge in [0.05, 0.1) is 0 Å². The smallest absolute Gasteiger partial charge is 0.409 e. The first-order valence-corrected chi connectivity index (χ1v) is 12.0. The molecular weight excluding hydrogens is 424 g/mol. The van der Waals surface area contributed by atoms with Gasteiger partial charge in [-0.1, -0.05) is 91.0 Å². The van der Waals surface area contributed by atoms with Crippen LogP contribution in [0.5, 0.6) is 0 Å². The molecule has 1 heterocycles. The Kier molecular flexibility index (Phi) is 8.47. The maximum atomic E-state index is 12.8. The van der Waals surface area contributed by atoms with E-state index in [0.29, 0.717) is 25.9 Å². The number of rotatable bonds is 9. The molecule has 0 aliphatic carbocycles. The number of hydrogen-bond donors (Lipinski definition) is 0. The van der Waals surface area contributed by atoms with Crippen LogP contribution in [-0.4, -0.2) is 47.4 Å². The van der Waals surface area contributed by atoms with Crippen molar-refractivity contribution >= 4 is 11.9 Å². The SMILES string of the molecule is O=C1CCN(C(=O)OCC(Cc2ccccc2)N(Cc2ccccc2)Cc2ccccc2)CC1. The molecule has 3 aromatic rings. The van der Waals surface area contributed by atoms with Crippen LogP contribution in [0, 0.1) is 0 Å². The highest BCUT2D eigenvalue weighted by Crippen LogP contribution is 2.18. The zero-order valence-corrected chi connectivity index (χ0v) is 19.5. The molecule has 1 unspecified atom stereocenters. The Morgan fingerprint density at radius 3 is 1.74 bits per heavy atom. The van der Waals surface area contributed by atoms with E-state index in [-0.39, 0.29) is 24.5 Å². The van der Waals surface area contributed by atoms with Crippen molar-refractivity contribution in [2.24, 2.45) is 0 Å². The summed E-state index contributed by atoms with van der Waals surface area (Å²) < 4.78 is 5.84. The van der Waals surface area contributed by atoms with Gasteiger partial charge in [-0.3, -0.25) is 9.69 Å². The predicted molar refractivity (Wildman–Crippen MR) is 133 cm³/mol. The number of benzene rings is 3. The van der Waals surface area contributed by atoms with E-state index < -0.39 is 0 Å². The standard InChI is InChI=1S/C29H32N2O3/c32-28-16-18-30(19-17-28)29(33)34-23-27(20-24-10-4-1-5-11-24)31(21-25-12-6-2-7-13-25)22-26-14-8-3-9-15-26/h1-15,27H,16-23H2. The third-order valence-electron chi connectivity index (χ3n) is 6.27. The fraction of sp³-hybridized carbons (Fsp3) is 0.310. The van der Waals surface area contributed by atoms with Crippen molar-refractivity contribution < 1.29 is 14.3 Å². The number of carbonyl (C=O) groups is 2. The molecule has 1 fully saturated rings. The second-order valence-corrected chi connectivity index (χ2v) is 8.82. The van der Waals surface area contributed by atoms with Crippen LogP contribution in [0.25, 0.3) is 0 Å². The largest absolute Gasteiger partial charge is 0.448 e. The van der Waals surface area contributed by atoms with Crippen molar-refractivity contribution in [1.82, 2.24) is 9.80 Å². The molecule has 4 rings (SSSR count). The Morgan fingerprint density at radius 1 is 0.765 bits per heavy atom. The van der Waals surface area contributed by atoms with Crippen LogP contribution in [0.1, 0.15) is 29.5 Å². The quantitative estimate of drug-likeness (QED) is 0.449. The summed E-state index contributed by atoms with van der Waals surface area (Å²) in [6.07, 6.45) is 1.27. The molecule has 1 saturated heterocycles. The number of ketones is 1. The average molecular weight is 457 g/mol. The molecule has 1 atom stereocenters. The minimum absolute atomic E-state index is 0.00168. The van der Waals surface area contributed by atoms with Crippen molar-refractivity contribution in [3.05, 3.63) is 108 Å². The van der Waals surface area contributed by atoms with Crippen LogP contribution in [0.4, 0.5) is 4.79 Å². The molecule has 34 heavy (non-hydrogen) atoms. The van der Waals surface area contributed by atoms with Crippen LogP contribution >= 0.6 is 0 Å². The highest BCUT2D eigenvalue weighted by atomic mass is 16.6. The van der Waals surface area contributed by atoms with Crippen molar-refractivity contribution in [2.75, 3.05) is 19.7 Å². The number of Topliss-reactive ketones (excluding diaryl/α,β-unsaturated/α-hetero) is 1. The van der Waals surface area contributed by atoms with Gasteiger partial charge in [0.1, 0.15) is 12.4 Å². The Hall–Kier alpha value is -3.44. The topological polar surface area (TPSA) is 49.9 Å². The lowest BCUT2D eigenvalue weighted by Crippen LogP contribution is -2.43. The summed E-state index contributed by atoms with van der Waals surface area (Å²) in [5.41, 5.74) is 3.65. The second-order valence-electron chi connectivity index (χ2n) is 8.82. The number of likely N-dealkylation sites (tertiary alicyclic amines) is 1. The molecule has 5 nitrogen and oxygen atoms in total. The fourth-order valence-corrected chi connectivity index (χ4v) is 4.33. The number of carbonyl (C=O) groups excluding carboxylic acids is 2. The van der Waals surface area contributed by atoms with E-state index in [0.717, 1.165) is 19.5 Å². The first kappa shape index (κ1) is 23.7. The molecule has 1 amide bonds. The van der Waals surface area contributed by atoms with Gasteiger partial charge in [0.15, 0.2) is 0 Å². The zero-order chi connectivity index (χ0) is 23.6. The summed E-state index contributed by atoms with van der Waals surface area (Å²) >= 11 is 0. The van der Waals surface area contributed by atoms with Gasteiger partial charge in [-0.05, 0) is 23.1 Å². The zero-order valence-electron chi connectivity index (χ0n) is 19.5. The number of hydrogen-bond acceptors (Lipinski definition) is 4. The monoisotopic (exact) mass is 456 g/mol. The summed E-state index contributed by atoms with van der Waals surface area (Å²) in [7, 11) is 0. The van der Waals surface area contributed by atoms with E-state index in [4.69, 9.17) is 4.74 Å². The second kappa shape index (κ2) is 12.1.